The summed E-state index contributed by atoms with van der Waals surface area (Å²) in [5.41, 5.74) is 3.22. The second-order valence-corrected chi connectivity index (χ2v) is 21.2. The molecule has 0 saturated carbocycles. The van der Waals surface area contributed by atoms with Crippen LogP contribution in [0.3, 0.4) is 0 Å². The molecular formula is C36H44N4O8S4. The molecule has 280 valence electrons. The third-order valence-electron chi connectivity index (χ3n) is 8.92. The highest BCUT2D eigenvalue weighted by molar-refractivity contribution is 7.96. The van der Waals surface area contributed by atoms with Crippen LogP contribution < -0.4 is 21.3 Å². The molecule has 4 N–H and O–H groups in total. The maximum Gasteiger partial charge on any atom is 0.196 e. The van der Waals surface area contributed by atoms with E-state index < -0.39 is 60.8 Å². The first-order valence-corrected chi connectivity index (χ1v) is 22.8. The van der Waals surface area contributed by atoms with Crippen molar-refractivity contribution < 1.29 is 33.7 Å². The maximum absolute atomic E-state index is 14.3. The van der Waals surface area contributed by atoms with Gasteiger partial charge in [0.2, 0.25) is 0 Å². The Morgan fingerprint density at radius 3 is 0.635 bits per heavy atom. The second kappa shape index (κ2) is 15.9. The van der Waals surface area contributed by atoms with Crippen LogP contribution >= 0.6 is 0 Å². The standard InChI is InChI=1S/C36H44N4O8S4/c1-25-5-13-29(14-6-25)49(41,42)33-34(50(43,44)30-15-7-26(2)8-16-30)38-23-24-40-36(52(47,48)32-19-11-28(4)12-20-32)35(39-22-21-37-33)51(45,46)31-17-9-27(3)10-18-31/h5-20,33-40H,21-24H2,1-4H3/t33-,34-,35-,36+/m1/s1. The molecule has 1 aliphatic rings. The zero-order valence-corrected chi connectivity index (χ0v) is 32.5. The molecule has 0 spiro atoms. The van der Waals surface area contributed by atoms with Crippen molar-refractivity contribution in [2.75, 3.05) is 26.2 Å². The molecule has 12 nitrogen and oxygen atoms in total. The second-order valence-electron chi connectivity index (χ2n) is 12.9. The Hall–Kier alpha value is -3.48. The van der Waals surface area contributed by atoms with Crippen LogP contribution in [0.1, 0.15) is 22.3 Å². The first-order chi connectivity index (χ1) is 24.5. The molecule has 4 aromatic rings. The Morgan fingerprint density at radius 2 is 0.481 bits per heavy atom. The number of sulfone groups is 4. The Kier molecular flexibility index (Phi) is 12.1. The Morgan fingerprint density at radius 1 is 0.327 bits per heavy atom. The van der Waals surface area contributed by atoms with E-state index in [1.807, 2.05) is 0 Å². The van der Waals surface area contributed by atoms with Gasteiger partial charge < -0.3 is 0 Å². The molecule has 4 atom stereocenters. The van der Waals surface area contributed by atoms with Crippen LogP contribution in [0.15, 0.2) is 117 Å². The monoisotopic (exact) mass is 788 g/mol. The minimum Gasteiger partial charge on any atom is -0.297 e. The van der Waals surface area contributed by atoms with Gasteiger partial charge in [0.05, 0.1) is 19.6 Å². The van der Waals surface area contributed by atoms with Crippen molar-refractivity contribution in [2.45, 2.75) is 68.8 Å². The predicted molar refractivity (Wildman–Crippen MR) is 201 cm³/mol. The molecule has 1 aliphatic heterocycles. The lowest BCUT2D eigenvalue weighted by atomic mass is 10.2. The van der Waals surface area contributed by atoms with Gasteiger partial charge in [-0.15, -0.1) is 0 Å². The molecule has 1 fully saturated rings. The van der Waals surface area contributed by atoms with E-state index in [1.54, 1.807) is 76.2 Å². The molecule has 16 heteroatoms. The van der Waals surface area contributed by atoms with Crippen LogP contribution in [-0.4, -0.2) is 81.3 Å². The zero-order valence-electron chi connectivity index (χ0n) is 29.3. The van der Waals surface area contributed by atoms with Gasteiger partial charge in [-0.05, 0) is 76.2 Å². The fraction of sp³-hybridized carbons (Fsp3) is 0.333. The largest absolute Gasteiger partial charge is 0.297 e. The van der Waals surface area contributed by atoms with Gasteiger partial charge in [0.15, 0.2) is 39.3 Å². The average Bonchev–Trinajstić information content (AvgIpc) is 3.09. The summed E-state index contributed by atoms with van der Waals surface area (Å²) in [6.07, 6.45) is 0. The van der Waals surface area contributed by atoms with Gasteiger partial charge in [-0.2, -0.15) is 0 Å². The minimum absolute atomic E-state index is 0.108. The molecule has 0 radical (unpaired) electrons. The molecule has 0 aliphatic carbocycles. The fourth-order valence-electron chi connectivity index (χ4n) is 5.87. The zero-order chi connectivity index (χ0) is 37.9. The molecule has 0 unspecified atom stereocenters. The van der Waals surface area contributed by atoms with Crippen molar-refractivity contribution in [1.29, 1.82) is 0 Å². The van der Waals surface area contributed by atoms with Crippen molar-refractivity contribution in [3.8, 4) is 0 Å². The lowest BCUT2D eigenvalue weighted by molar-refractivity contribution is 0.431. The third-order valence-corrected chi connectivity index (χ3v) is 17.4. The van der Waals surface area contributed by atoms with E-state index in [9.17, 15) is 33.7 Å². The van der Waals surface area contributed by atoms with Crippen LogP contribution in [0.2, 0.25) is 0 Å². The van der Waals surface area contributed by atoms with Gasteiger partial charge in [0.1, 0.15) is 21.5 Å². The summed E-state index contributed by atoms with van der Waals surface area (Å²) in [6, 6.07) is 24.1. The van der Waals surface area contributed by atoms with E-state index in [0.29, 0.717) is 0 Å². The van der Waals surface area contributed by atoms with E-state index in [-0.39, 0.29) is 45.8 Å². The highest BCUT2D eigenvalue weighted by Gasteiger charge is 2.45. The Bertz CT molecular complexity index is 1960. The number of aryl methyl sites for hydroxylation is 4. The number of rotatable bonds is 8. The topological polar surface area (TPSA) is 185 Å². The van der Waals surface area contributed by atoms with Crippen LogP contribution in [0.4, 0.5) is 0 Å². The van der Waals surface area contributed by atoms with Gasteiger partial charge >= 0.3 is 0 Å². The van der Waals surface area contributed by atoms with Crippen LogP contribution in [-0.2, 0) is 39.3 Å². The molecular weight excluding hydrogens is 745 g/mol. The predicted octanol–water partition coefficient (Wildman–Crippen LogP) is 2.79. The van der Waals surface area contributed by atoms with Gasteiger partial charge in [0.25, 0.3) is 0 Å². The maximum atomic E-state index is 14.3. The normalized spacial score (nSPS) is 21.5. The molecule has 1 saturated heterocycles. The molecule has 0 aromatic heterocycles. The van der Waals surface area contributed by atoms with Crippen LogP contribution in [0, 0.1) is 27.7 Å². The fourth-order valence-corrected chi connectivity index (χ4v) is 13.9. The van der Waals surface area contributed by atoms with Gasteiger partial charge in [-0.3, -0.25) is 21.3 Å². The summed E-state index contributed by atoms with van der Waals surface area (Å²) < 4.78 is 114. The SMILES string of the molecule is Cc1ccc(S(=O)(=O)[C@@H]2NCCN[C@H](S(=O)(=O)c3ccc(C)cc3)[C@@H](S(=O)(=O)c3ccc(C)cc3)NCCN[C@@H]2S(=O)(=O)c2ccc(C)cc2)cc1. The van der Waals surface area contributed by atoms with Crippen molar-refractivity contribution in [3.63, 3.8) is 0 Å². The van der Waals surface area contributed by atoms with E-state index in [1.165, 1.54) is 48.5 Å². The number of benzene rings is 4. The first kappa shape index (κ1) is 39.7. The van der Waals surface area contributed by atoms with E-state index in [0.717, 1.165) is 22.3 Å². The molecule has 5 rings (SSSR count). The molecule has 1 heterocycles. The quantitative estimate of drug-likeness (QED) is 0.205. The summed E-state index contributed by atoms with van der Waals surface area (Å²) >= 11 is 0. The van der Waals surface area contributed by atoms with Crippen molar-refractivity contribution in [1.82, 2.24) is 21.3 Å². The lowest BCUT2D eigenvalue weighted by Crippen LogP contribution is -2.61. The van der Waals surface area contributed by atoms with E-state index in [4.69, 9.17) is 0 Å². The summed E-state index contributed by atoms with van der Waals surface area (Å²) in [7, 11) is -17.6. The van der Waals surface area contributed by atoms with Gasteiger partial charge in [-0.1, -0.05) is 70.8 Å². The van der Waals surface area contributed by atoms with Gasteiger partial charge in [0, 0.05) is 26.2 Å². The first-order valence-electron chi connectivity index (χ1n) is 16.6. The molecule has 0 bridgehead atoms. The lowest BCUT2D eigenvalue weighted by Gasteiger charge is -2.32. The van der Waals surface area contributed by atoms with E-state index in [2.05, 4.69) is 21.3 Å². The molecule has 4 aromatic carbocycles. The summed E-state index contributed by atoms with van der Waals surface area (Å²) in [6.45, 7) is 6.16. The Labute approximate surface area is 307 Å². The van der Waals surface area contributed by atoms with E-state index >= 15 is 0 Å². The smallest absolute Gasteiger partial charge is 0.196 e. The van der Waals surface area contributed by atoms with Crippen molar-refractivity contribution in [2.24, 2.45) is 0 Å². The molecule has 0 amide bonds. The number of hydrogen-bond donors (Lipinski definition) is 4. The summed E-state index contributed by atoms with van der Waals surface area (Å²) in [4.78, 5) is -0.430. The average molecular weight is 789 g/mol. The van der Waals surface area contributed by atoms with Crippen molar-refractivity contribution in [3.05, 3.63) is 119 Å². The van der Waals surface area contributed by atoms with Crippen LogP contribution in [0.25, 0.3) is 0 Å². The highest BCUT2D eigenvalue weighted by atomic mass is 32.2. The number of hydrogen-bond acceptors (Lipinski definition) is 12. The van der Waals surface area contributed by atoms with Gasteiger partial charge in [-0.25, -0.2) is 33.7 Å². The number of nitrogens with one attached hydrogen (secondary N) is 4. The molecule has 52 heavy (non-hydrogen) atoms. The van der Waals surface area contributed by atoms with Crippen molar-refractivity contribution >= 4 is 39.3 Å². The third kappa shape index (κ3) is 8.50. The summed E-state index contributed by atoms with van der Waals surface area (Å²) in [5, 5.41) is 4.59. The minimum atomic E-state index is -4.39. The Balaban J connectivity index is 1.60. The highest BCUT2D eigenvalue weighted by Crippen LogP contribution is 2.27. The summed E-state index contributed by atoms with van der Waals surface area (Å²) in [5.74, 6) is 0. The van der Waals surface area contributed by atoms with Crippen LogP contribution in [0.5, 0.6) is 0 Å².